The first kappa shape index (κ1) is 8.57. The average molecular weight is 177 g/mol. The molecule has 1 aromatic rings. The summed E-state index contributed by atoms with van der Waals surface area (Å²) in [5.74, 6) is 0. The van der Waals surface area contributed by atoms with E-state index in [-0.39, 0.29) is 6.23 Å². The summed E-state index contributed by atoms with van der Waals surface area (Å²) in [4.78, 5) is 2.06. The minimum Gasteiger partial charge on any atom is -0.374 e. The third-order valence-corrected chi connectivity index (χ3v) is 2.59. The van der Waals surface area contributed by atoms with Crippen LogP contribution in [-0.2, 0) is 0 Å². The number of nitrogens with zero attached hydrogens (tertiary/aromatic N) is 1. The molecule has 1 atom stereocenters. The third-order valence-electron chi connectivity index (χ3n) is 2.59. The Labute approximate surface area is 78.8 Å². The van der Waals surface area contributed by atoms with Gasteiger partial charge >= 0.3 is 0 Å². The van der Waals surface area contributed by atoms with Crippen LogP contribution in [0.1, 0.15) is 18.4 Å². The maximum absolute atomic E-state index is 9.64. The molecular weight excluding hydrogens is 162 g/mol. The Balaban J connectivity index is 2.20. The molecule has 0 bridgehead atoms. The van der Waals surface area contributed by atoms with E-state index in [4.69, 9.17) is 0 Å². The van der Waals surface area contributed by atoms with Gasteiger partial charge in [0.25, 0.3) is 0 Å². The highest BCUT2D eigenvalue weighted by atomic mass is 16.3. The van der Waals surface area contributed by atoms with E-state index < -0.39 is 0 Å². The number of aryl methyl sites for hydroxylation is 1. The van der Waals surface area contributed by atoms with Crippen molar-refractivity contribution in [3.8, 4) is 0 Å². The molecule has 13 heavy (non-hydrogen) atoms. The molecule has 1 heterocycles. The first-order valence-electron chi connectivity index (χ1n) is 4.79. The second-order valence-corrected chi connectivity index (χ2v) is 3.65. The highest BCUT2D eigenvalue weighted by Gasteiger charge is 2.21. The fourth-order valence-electron chi connectivity index (χ4n) is 1.79. The number of anilines is 1. The first-order valence-corrected chi connectivity index (χ1v) is 4.79. The lowest BCUT2D eigenvalue weighted by Gasteiger charge is -2.22. The maximum atomic E-state index is 9.64. The highest BCUT2D eigenvalue weighted by molar-refractivity contribution is 5.48. The molecule has 1 aliphatic rings. The zero-order chi connectivity index (χ0) is 9.26. The fraction of sp³-hybridized carbons (Fsp3) is 0.455. The molecule has 1 N–H and O–H groups in total. The second kappa shape index (κ2) is 3.38. The van der Waals surface area contributed by atoms with Crippen LogP contribution in [0.3, 0.4) is 0 Å². The van der Waals surface area contributed by atoms with Crippen molar-refractivity contribution in [3.63, 3.8) is 0 Å². The van der Waals surface area contributed by atoms with Gasteiger partial charge in [-0.2, -0.15) is 0 Å². The number of hydrogen-bond acceptors (Lipinski definition) is 2. The van der Waals surface area contributed by atoms with Crippen molar-refractivity contribution in [1.82, 2.24) is 0 Å². The van der Waals surface area contributed by atoms with Crippen LogP contribution in [0, 0.1) is 6.92 Å². The van der Waals surface area contributed by atoms with Gasteiger partial charge in [-0.15, -0.1) is 0 Å². The van der Waals surface area contributed by atoms with Crippen molar-refractivity contribution in [3.05, 3.63) is 29.8 Å². The van der Waals surface area contributed by atoms with Crippen LogP contribution in [0.2, 0.25) is 0 Å². The van der Waals surface area contributed by atoms with Crippen LogP contribution >= 0.6 is 0 Å². The van der Waals surface area contributed by atoms with Crippen LogP contribution in [0.15, 0.2) is 24.3 Å². The van der Waals surface area contributed by atoms with Gasteiger partial charge in [0, 0.05) is 12.2 Å². The van der Waals surface area contributed by atoms with E-state index in [1.54, 1.807) is 0 Å². The Bertz CT molecular complexity index is 281. The monoisotopic (exact) mass is 177 g/mol. The standard InChI is InChI=1S/C11H15NO/c1-9-4-6-10(7-5-9)12-8-2-3-11(12)13/h4-7,11,13H,2-3,8H2,1H3. The molecule has 1 fully saturated rings. The SMILES string of the molecule is Cc1ccc(N2CCCC2O)cc1. The van der Waals surface area contributed by atoms with Crippen LogP contribution in [-0.4, -0.2) is 17.9 Å². The molecule has 0 radical (unpaired) electrons. The molecule has 0 amide bonds. The van der Waals surface area contributed by atoms with Crippen molar-refractivity contribution in [2.75, 3.05) is 11.4 Å². The van der Waals surface area contributed by atoms with Crippen molar-refractivity contribution < 1.29 is 5.11 Å². The summed E-state index contributed by atoms with van der Waals surface area (Å²) >= 11 is 0. The summed E-state index contributed by atoms with van der Waals surface area (Å²) in [6, 6.07) is 8.31. The topological polar surface area (TPSA) is 23.5 Å². The Kier molecular flexibility index (Phi) is 2.23. The lowest BCUT2D eigenvalue weighted by molar-refractivity contribution is 0.186. The fourth-order valence-corrected chi connectivity index (χ4v) is 1.79. The van der Waals surface area contributed by atoms with Gasteiger partial charge in [0.2, 0.25) is 0 Å². The summed E-state index contributed by atoms with van der Waals surface area (Å²) < 4.78 is 0. The van der Waals surface area contributed by atoms with Crippen molar-refractivity contribution in [2.45, 2.75) is 26.0 Å². The molecule has 0 aromatic heterocycles. The molecule has 2 nitrogen and oxygen atoms in total. The van der Waals surface area contributed by atoms with Crippen LogP contribution in [0.4, 0.5) is 5.69 Å². The molecule has 1 aliphatic heterocycles. The van der Waals surface area contributed by atoms with E-state index in [0.717, 1.165) is 25.1 Å². The van der Waals surface area contributed by atoms with Gasteiger partial charge in [-0.25, -0.2) is 0 Å². The molecular formula is C11H15NO. The molecule has 1 unspecified atom stereocenters. The minimum absolute atomic E-state index is 0.275. The van der Waals surface area contributed by atoms with Crippen molar-refractivity contribution >= 4 is 5.69 Å². The Morgan fingerprint density at radius 2 is 2.00 bits per heavy atom. The van der Waals surface area contributed by atoms with Gasteiger partial charge < -0.3 is 10.0 Å². The zero-order valence-corrected chi connectivity index (χ0v) is 7.90. The predicted octanol–water partition coefficient (Wildman–Crippen LogP) is 1.91. The van der Waals surface area contributed by atoms with Gasteiger partial charge in [0.15, 0.2) is 0 Å². The molecule has 0 saturated carbocycles. The molecule has 0 spiro atoms. The number of rotatable bonds is 1. The number of hydrogen-bond donors (Lipinski definition) is 1. The van der Waals surface area contributed by atoms with E-state index in [1.165, 1.54) is 5.56 Å². The van der Waals surface area contributed by atoms with Crippen molar-refractivity contribution in [1.29, 1.82) is 0 Å². The van der Waals surface area contributed by atoms with Crippen LogP contribution in [0.25, 0.3) is 0 Å². The van der Waals surface area contributed by atoms with E-state index in [0.29, 0.717) is 0 Å². The van der Waals surface area contributed by atoms with Gasteiger partial charge in [-0.3, -0.25) is 0 Å². The second-order valence-electron chi connectivity index (χ2n) is 3.65. The minimum atomic E-state index is -0.275. The van der Waals surface area contributed by atoms with Gasteiger partial charge in [-0.1, -0.05) is 17.7 Å². The lowest BCUT2D eigenvalue weighted by Crippen LogP contribution is -2.28. The third kappa shape index (κ3) is 1.68. The van der Waals surface area contributed by atoms with E-state index in [1.807, 2.05) is 0 Å². The van der Waals surface area contributed by atoms with E-state index in [2.05, 4.69) is 36.1 Å². The first-order chi connectivity index (χ1) is 6.27. The quantitative estimate of drug-likeness (QED) is 0.708. The zero-order valence-electron chi connectivity index (χ0n) is 7.90. The molecule has 0 aliphatic carbocycles. The number of aliphatic hydroxyl groups excluding tert-OH is 1. The normalized spacial score (nSPS) is 22.3. The van der Waals surface area contributed by atoms with Crippen molar-refractivity contribution in [2.24, 2.45) is 0 Å². The van der Waals surface area contributed by atoms with Gasteiger partial charge in [0.1, 0.15) is 6.23 Å². The lowest BCUT2D eigenvalue weighted by atomic mass is 10.2. The molecule has 70 valence electrons. The summed E-state index contributed by atoms with van der Waals surface area (Å²) in [5.41, 5.74) is 2.40. The summed E-state index contributed by atoms with van der Waals surface area (Å²) in [7, 11) is 0. The Morgan fingerprint density at radius 3 is 2.54 bits per heavy atom. The summed E-state index contributed by atoms with van der Waals surface area (Å²) in [5, 5.41) is 9.64. The van der Waals surface area contributed by atoms with Gasteiger partial charge in [-0.05, 0) is 31.9 Å². The van der Waals surface area contributed by atoms with Crippen LogP contribution < -0.4 is 4.90 Å². The van der Waals surface area contributed by atoms with E-state index >= 15 is 0 Å². The van der Waals surface area contributed by atoms with E-state index in [9.17, 15) is 5.11 Å². The smallest absolute Gasteiger partial charge is 0.126 e. The molecule has 2 heteroatoms. The predicted molar refractivity (Wildman–Crippen MR) is 53.8 cm³/mol. The number of benzene rings is 1. The van der Waals surface area contributed by atoms with Gasteiger partial charge in [0.05, 0.1) is 0 Å². The molecule has 1 saturated heterocycles. The van der Waals surface area contributed by atoms with Crippen LogP contribution in [0.5, 0.6) is 0 Å². The number of aliphatic hydroxyl groups is 1. The average Bonchev–Trinajstić information content (AvgIpc) is 2.53. The molecule has 2 rings (SSSR count). The Morgan fingerprint density at radius 1 is 1.31 bits per heavy atom. The maximum Gasteiger partial charge on any atom is 0.126 e. The summed E-state index contributed by atoms with van der Waals surface area (Å²) in [6.45, 7) is 3.05. The Hall–Kier alpha value is -1.02. The molecule has 1 aromatic carbocycles. The highest BCUT2D eigenvalue weighted by Crippen LogP contribution is 2.23. The largest absolute Gasteiger partial charge is 0.374 e. The summed E-state index contributed by atoms with van der Waals surface area (Å²) in [6.07, 6.45) is 1.71.